The van der Waals surface area contributed by atoms with Crippen LogP contribution in [0, 0.1) is 0 Å². The Kier molecular flexibility index (Phi) is 3.91. The summed E-state index contributed by atoms with van der Waals surface area (Å²) in [5.41, 5.74) is 2.36. The van der Waals surface area contributed by atoms with E-state index < -0.39 is 8.32 Å². The van der Waals surface area contributed by atoms with Crippen LogP contribution in [0.2, 0.25) is 18.1 Å². The number of aliphatic hydroxyl groups is 1. The minimum absolute atomic E-state index is 0.240. The van der Waals surface area contributed by atoms with Crippen molar-refractivity contribution in [2.45, 2.75) is 57.3 Å². The van der Waals surface area contributed by atoms with Crippen LogP contribution in [0.3, 0.4) is 0 Å². The summed E-state index contributed by atoms with van der Waals surface area (Å²) in [7, 11) is -1.70. The summed E-state index contributed by atoms with van der Waals surface area (Å²) in [6.45, 7) is 12.1. The molecule has 1 aromatic carbocycles. The lowest BCUT2D eigenvalue weighted by Crippen LogP contribution is -2.41. The molecule has 1 aliphatic rings. The SMILES string of the molecule is CC(C)(C)[Si](C)(C)OC[C@H]1C[C@H](O)c2ccccc21. The molecule has 2 nitrogen and oxygen atoms in total. The van der Waals surface area contributed by atoms with Crippen molar-refractivity contribution >= 4 is 8.32 Å². The molecule has 0 aliphatic heterocycles. The maximum Gasteiger partial charge on any atom is 0.192 e. The summed E-state index contributed by atoms with van der Waals surface area (Å²) in [5.74, 6) is 0.348. The van der Waals surface area contributed by atoms with Gasteiger partial charge in [-0.15, -0.1) is 0 Å². The van der Waals surface area contributed by atoms with Crippen molar-refractivity contribution in [1.29, 1.82) is 0 Å². The third kappa shape index (κ3) is 2.93. The zero-order valence-electron chi connectivity index (χ0n) is 12.7. The highest BCUT2D eigenvalue weighted by atomic mass is 28.4. The standard InChI is InChI=1S/C16H26O2Si/c1-16(2,3)19(4,5)18-11-12-10-15(17)14-9-7-6-8-13(12)14/h6-9,12,15,17H,10-11H2,1-5H3/t12-,15+/m1/s1. The molecule has 3 heteroatoms. The molecule has 0 saturated carbocycles. The van der Waals surface area contributed by atoms with Crippen molar-refractivity contribution in [3.05, 3.63) is 35.4 Å². The van der Waals surface area contributed by atoms with Gasteiger partial charge in [-0.1, -0.05) is 45.0 Å². The molecular weight excluding hydrogens is 252 g/mol. The van der Waals surface area contributed by atoms with Gasteiger partial charge in [0.05, 0.1) is 6.10 Å². The van der Waals surface area contributed by atoms with E-state index in [2.05, 4.69) is 46.0 Å². The Morgan fingerprint density at radius 2 is 1.79 bits per heavy atom. The van der Waals surface area contributed by atoms with Crippen molar-refractivity contribution in [1.82, 2.24) is 0 Å². The number of hydrogen-bond donors (Lipinski definition) is 1. The third-order valence-corrected chi connectivity index (χ3v) is 9.25. The zero-order chi connectivity index (χ0) is 14.3. The van der Waals surface area contributed by atoms with Crippen LogP contribution in [0.1, 0.15) is 50.3 Å². The fourth-order valence-corrected chi connectivity index (χ4v) is 3.44. The lowest BCUT2D eigenvalue weighted by molar-refractivity contribution is 0.159. The molecule has 1 aliphatic carbocycles. The zero-order valence-corrected chi connectivity index (χ0v) is 13.7. The van der Waals surface area contributed by atoms with Crippen LogP contribution in [0.15, 0.2) is 24.3 Å². The van der Waals surface area contributed by atoms with E-state index in [4.69, 9.17) is 4.43 Å². The normalized spacial score (nSPS) is 23.5. The molecule has 0 fully saturated rings. The first-order chi connectivity index (χ1) is 8.72. The topological polar surface area (TPSA) is 29.5 Å². The molecule has 0 amide bonds. The maximum absolute atomic E-state index is 10.1. The molecule has 0 bridgehead atoms. The fourth-order valence-electron chi connectivity index (χ4n) is 2.39. The van der Waals surface area contributed by atoms with Gasteiger partial charge in [-0.05, 0) is 35.7 Å². The second-order valence-electron chi connectivity index (χ2n) is 7.15. The highest BCUT2D eigenvalue weighted by Crippen LogP contribution is 2.42. The van der Waals surface area contributed by atoms with Crippen LogP contribution in [0.4, 0.5) is 0 Å². The van der Waals surface area contributed by atoms with Crippen molar-refractivity contribution in [2.75, 3.05) is 6.61 Å². The minimum Gasteiger partial charge on any atom is -0.416 e. The van der Waals surface area contributed by atoms with Gasteiger partial charge in [0.15, 0.2) is 8.32 Å². The maximum atomic E-state index is 10.1. The van der Waals surface area contributed by atoms with Crippen LogP contribution in [-0.4, -0.2) is 20.0 Å². The summed E-state index contributed by atoms with van der Waals surface area (Å²) in [5, 5.41) is 10.3. The first-order valence-electron chi connectivity index (χ1n) is 7.13. The molecule has 2 atom stereocenters. The lowest BCUT2D eigenvalue weighted by Gasteiger charge is -2.37. The molecule has 19 heavy (non-hydrogen) atoms. The number of aliphatic hydroxyl groups excluding tert-OH is 1. The number of rotatable bonds is 3. The monoisotopic (exact) mass is 278 g/mol. The number of hydrogen-bond acceptors (Lipinski definition) is 2. The second-order valence-corrected chi connectivity index (χ2v) is 12.0. The third-order valence-electron chi connectivity index (χ3n) is 4.75. The van der Waals surface area contributed by atoms with Gasteiger partial charge in [0.2, 0.25) is 0 Å². The highest BCUT2D eigenvalue weighted by Gasteiger charge is 2.39. The smallest absolute Gasteiger partial charge is 0.192 e. The van der Waals surface area contributed by atoms with Gasteiger partial charge >= 0.3 is 0 Å². The second kappa shape index (κ2) is 5.04. The lowest BCUT2D eigenvalue weighted by atomic mass is 10.0. The Bertz CT molecular complexity index is 448. The van der Waals surface area contributed by atoms with Crippen LogP contribution in [-0.2, 0) is 4.43 Å². The van der Waals surface area contributed by atoms with Gasteiger partial charge in [0.1, 0.15) is 0 Å². The molecule has 1 N–H and O–H groups in total. The average Bonchev–Trinajstić information content (AvgIpc) is 2.63. The van der Waals surface area contributed by atoms with E-state index >= 15 is 0 Å². The molecule has 0 radical (unpaired) electrons. The van der Waals surface area contributed by atoms with E-state index in [1.165, 1.54) is 5.56 Å². The summed E-state index contributed by atoms with van der Waals surface area (Å²) in [6.07, 6.45) is 0.484. The summed E-state index contributed by atoms with van der Waals surface area (Å²) in [6, 6.07) is 8.22. The van der Waals surface area contributed by atoms with Gasteiger partial charge in [0, 0.05) is 12.5 Å². The van der Waals surface area contributed by atoms with E-state index in [0.29, 0.717) is 5.92 Å². The first kappa shape index (κ1) is 14.8. The predicted molar refractivity (Wildman–Crippen MR) is 81.9 cm³/mol. The van der Waals surface area contributed by atoms with Gasteiger partial charge < -0.3 is 9.53 Å². The van der Waals surface area contributed by atoms with Gasteiger partial charge in [0.25, 0.3) is 0 Å². The van der Waals surface area contributed by atoms with Crippen LogP contribution < -0.4 is 0 Å². The Balaban J connectivity index is 2.07. The number of benzene rings is 1. The van der Waals surface area contributed by atoms with Crippen molar-refractivity contribution in [2.24, 2.45) is 0 Å². The van der Waals surface area contributed by atoms with E-state index in [-0.39, 0.29) is 11.1 Å². The van der Waals surface area contributed by atoms with Crippen molar-refractivity contribution < 1.29 is 9.53 Å². The quantitative estimate of drug-likeness (QED) is 0.838. The summed E-state index contributed by atoms with van der Waals surface area (Å²) < 4.78 is 6.31. The molecule has 0 spiro atoms. The van der Waals surface area contributed by atoms with Crippen LogP contribution in [0.5, 0.6) is 0 Å². The largest absolute Gasteiger partial charge is 0.416 e. The molecular formula is C16H26O2Si. The highest BCUT2D eigenvalue weighted by molar-refractivity contribution is 6.74. The van der Waals surface area contributed by atoms with Gasteiger partial charge in [-0.25, -0.2) is 0 Å². The van der Waals surface area contributed by atoms with E-state index in [0.717, 1.165) is 18.6 Å². The first-order valence-corrected chi connectivity index (χ1v) is 10.0. The molecule has 0 saturated heterocycles. The predicted octanol–water partition coefficient (Wildman–Crippen LogP) is 4.23. The minimum atomic E-state index is -1.70. The van der Waals surface area contributed by atoms with Gasteiger partial charge in [-0.2, -0.15) is 0 Å². The average molecular weight is 278 g/mol. The Labute approximate surface area is 117 Å². The summed E-state index contributed by atoms with van der Waals surface area (Å²) >= 11 is 0. The van der Waals surface area contributed by atoms with E-state index in [1.54, 1.807) is 0 Å². The molecule has 0 heterocycles. The van der Waals surface area contributed by atoms with Crippen molar-refractivity contribution in [3.8, 4) is 0 Å². The Hall–Kier alpha value is -0.643. The van der Waals surface area contributed by atoms with Crippen LogP contribution in [0.25, 0.3) is 0 Å². The summed E-state index contributed by atoms with van der Waals surface area (Å²) in [4.78, 5) is 0. The molecule has 1 aromatic rings. The Morgan fingerprint density at radius 1 is 1.21 bits per heavy atom. The van der Waals surface area contributed by atoms with Crippen LogP contribution >= 0.6 is 0 Å². The van der Waals surface area contributed by atoms with Crippen molar-refractivity contribution in [3.63, 3.8) is 0 Å². The Morgan fingerprint density at radius 3 is 2.37 bits per heavy atom. The van der Waals surface area contributed by atoms with E-state index in [1.807, 2.05) is 12.1 Å². The van der Waals surface area contributed by atoms with Gasteiger partial charge in [-0.3, -0.25) is 0 Å². The number of fused-ring (bicyclic) bond motifs is 1. The molecule has 0 aromatic heterocycles. The van der Waals surface area contributed by atoms with E-state index in [9.17, 15) is 5.11 Å². The fraction of sp³-hybridized carbons (Fsp3) is 0.625. The molecule has 0 unspecified atom stereocenters. The molecule has 106 valence electrons. The molecule has 2 rings (SSSR count).